The first-order valence-electron chi connectivity index (χ1n) is 3.48. The summed E-state index contributed by atoms with van der Waals surface area (Å²) in [5, 5.41) is 7.89. The number of thioether (sulfide) groups is 1. The molecule has 3 nitrogen and oxygen atoms in total. The Balaban J connectivity index is 3.89. The third kappa shape index (κ3) is 4.84. The van der Waals surface area contributed by atoms with Crippen molar-refractivity contribution in [1.29, 1.82) is 0 Å². The molecule has 0 aliphatic rings. The van der Waals surface area contributed by atoms with Crippen molar-refractivity contribution in [2.45, 2.75) is 31.9 Å². The van der Waals surface area contributed by atoms with Gasteiger partial charge in [0.15, 0.2) is 5.12 Å². The van der Waals surface area contributed by atoms with Crippen molar-refractivity contribution in [3.05, 3.63) is 0 Å². The summed E-state index contributed by atoms with van der Waals surface area (Å²) < 4.78 is 0. The van der Waals surface area contributed by atoms with E-state index in [1.54, 1.807) is 0 Å². The van der Waals surface area contributed by atoms with Gasteiger partial charge in [-0.25, -0.2) is 0 Å². The van der Waals surface area contributed by atoms with Crippen LogP contribution < -0.4 is 0 Å². The van der Waals surface area contributed by atoms with Crippen molar-refractivity contribution < 1.29 is 14.7 Å². The van der Waals surface area contributed by atoms with Gasteiger partial charge in [0.05, 0.1) is 0 Å². The van der Waals surface area contributed by atoms with E-state index >= 15 is 0 Å². The molecular weight excluding hydrogens is 164 g/mol. The lowest BCUT2D eigenvalue weighted by molar-refractivity contribution is -0.136. The zero-order valence-electron chi connectivity index (χ0n) is 6.66. The molecule has 0 saturated carbocycles. The summed E-state index contributed by atoms with van der Waals surface area (Å²) in [5.41, 5.74) is 0. The van der Waals surface area contributed by atoms with E-state index < -0.39 is 11.2 Å². The molecule has 0 rings (SSSR count). The minimum absolute atomic E-state index is 0.133. The second kappa shape index (κ2) is 5.18. The van der Waals surface area contributed by atoms with Crippen LogP contribution in [0.25, 0.3) is 0 Å². The Morgan fingerprint density at radius 1 is 1.55 bits per heavy atom. The Morgan fingerprint density at radius 2 is 2.09 bits per heavy atom. The van der Waals surface area contributed by atoms with Gasteiger partial charge in [0.1, 0.15) is 5.25 Å². The van der Waals surface area contributed by atoms with Crippen LogP contribution in [0.5, 0.6) is 0 Å². The summed E-state index contributed by atoms with van der Waals surface area (Å²) in [5.74, 6) is -0.896. The van der Waals surface area contributed by atoms with Gasteiger partial charge in [-0.1, -0.05) is 25.1 Å². The predicted molar refractivity (Wildman–Crippen MR) is 44.6 cm³/mol. The molecule has 64 valence electrons. The molecule has 0 heterocycles. The molecule has 4 heteroatoms. The van der Waals surface area contributed by atoms with E-state index in [4.69, 9.17) is 5.11 Å². The summed E-state index contributed by atoms with van der Waals surface area (Å²) in [6.07, 6.45) is 1.34. The zero-order chi connectivity index (χ0) is 8.85. The lowest BCUT2D eigenvalue weighted by Crippen LogP contribution is -2.17. The molecule has 1 N–H and O–H groups in total. The van der Waals surface area contributed by atoms with Gasteiger partial charge in [-0.2, -0.15) is 0 Å². The second-order valence-corrected chi connectivity index (χ2v) is 3.60. The highest BCUT2D eigenvalue weighted by Crippen LogP contribution is 2.16. The van der Waals surface area contributed by atoms with E-state index in [2.05, 4.69) is 0 Å². The van der Waals surface area contributed by atoms with E-state index in [0.717, 1.165) is 18.2 Å². The molecule has 0 amide bonds. The molecule has 0 aromatic heterocycles. The van der Waals surface area contributed by atoms with Gasteiger partial charge >= 0.3 is 5.97 Å². The fourth-order valence-corrected chi connectivity index (χ4v) is 1.55. The van der Waals surface area contributed by atoms with Crippen LogP contribution in [0, 0.1) is 0 Å². The van der Waals surface area contributed by atoms with Gasteiger partial charge < -0.3 is 5.11 Å². The molecule has 0 aliphatic carbocycles. The van der Waals surface area contributed by atoms with Crippen LogP contribution in [0.3, 0.4) is 0 Å². The van der Waals surface area contributed by atoms with Crippen LogP contribution >= 0.6 is 11.8 Å². The van der Waals surface area contributed by atoms with Gasteiger partial charge in [-0.3, -0.25) is 9.59 Å². The van der Waals surface area contributed by atoms with E-state index in [0.29, 0.717) is 6.42 Å². The number of carbonyl (C=O) groups excluding carboxylic acids is 1. The molecule has 0 radical (unpaired) electrons. The van der Waals surface area contributed by atoms with Crippen molar-refractivity contribution in [1.82, 2.24) is 0 Å². The Hall–Kier alpha value is -0.510. The van der Waals surface area contributed by atoms with Crippen LogP contribution in [0.2, 0.25) is 0 Å². The largest absolute Gasteiger partial charge is 0.480 e. The number of aliphatic carboxylic acids is 1. The lowest BCUT2D eigenvalue weighted by Gasteiger charge is -2.06. The van der Waals surface area contributed by atoms with Crippen LogP contribution in [0.1, 0.15) is 26.7 Å². The molecule has 0 fully saturated rings. The maximum atomic E-state index is 10.5. The molecule has 0 saturated heterocycles. The predicted octanol–water partition coefficient (Wildman–Crippen LogP) is 1.52. The summed E-state index contributed by atoms with van der Waals surface area (Å²) in [7, 11) is 0. The van der Waals surface area contributed by atoms with Crippen molar-refractivity contribution in [2.75, 3.05) is 0 Å². The average molecular weight is 176 g/mol. The fraction of sp³-hybridized carbons (Fsp3) is 0.714. The number of hydrogen-bond donors (Lipinski definition) is 1. The quantitative estimate of drug-likeness (QED) is 0.705. The number of carboxylic acids is 1. The smallest absolute Gasteiger partial charge is 0.317 e. The molecule has 0 aromatic rings. The average Bonchev–Trinajstić information content (AvgIpc) is 1.86. The Labute approximate surface area is 70.2 Å². The topological polar surface area (TPSA) is 54.4 Å². The van der Waals surface area contributed by atoms with Crippen LogP contribution in [-0.2, 0) is 9.59 Å². The third-order valence-electron chi connectivity index (χ3n) is 1.13. The number of rotatable bonds is 4. The summed E-state index contributed by atoms with van der Waals surface area (Å²) in [6, 6.07) is 0. The van der Waals surface area contributed by atoms with Crippen LogP contribution in [0.4, 0.5) is 0 Å². The number of hydrogen-bond acceptors (Lipinski definition) is 3. The summed E-state index contributed by atoms with van der Waals surface area (Å²) in [4.78, 5) is 21.0. The van der Waals surface area contributed by atoms with Crippen molar-refractivity contribution in [3.8, 4) is 0 Å². The lowest BCUT2D eigenvalue weighted by atomic mass is 10.2. The standard InChI is InChI=1S/C7H12O3S/c1-3-4-6(7(9)10)11-5(2)8/h6H,3-4H2,1-2H3,(H,9,10). The Morgan fingerprint density at radius 3 is 2.36 bits per heavy atom. The van der Waals surface area contributed by atoms with Gasteiger partial charge in [0, 0.05) is 6.92 Å². The highest BCUT2D eigenvalue weighted by Gasteiger charge is 2.18. The SMILES string of the molecule is CCCC(SC(C)=O)C(=O)O. The number of carboxylic acid groups (broad SMARTS) is 1. The molecule has 1 unspecified atom stereocenters. The molecule has 0 bridgehead atoms. The Kier molecular flexibility index (Phi) is 4.94. The maximum absolute atomic E-state index is 10.5. The highest BCUT2D eigenvalue weighted by atomic mass is 32.2. The first-order chi connectivity index (χ1) is 5.07. The normalized spacial score (nSPS) is 12.5. The zero-order valence-corrected chi connectivity index (χ0v) is 7.48. The molecular formula is C7H12O3S. The summed E-state index contributed by atoms with van der Waals surface area (Å²) in [6.45, 7) is 3.28. The fourth-order valence-electron chi connectivity index (χ4n) is 0.695. The minimum atomic E-state index is -0.896. The Bertz CT molecular complexity index is 156. The summed E-state index contributed by atoms with van der Waals surface area (Å²) >= 11 is 0.894. The second-order valence-electron chi connectivity index (χ2n) is 2.22. The molecule has 1 atom stereocenters. The molecule has 11 heavy (non-hydrogen) atoms. The van der Waals surface area contributed by atoms with Gasteiger partial charge in [0.2, 0.25) is 0 Å². The third-order valence-corrected chi connectivity index (χ3v) is 2.19. The van der Waals surface area contributed by atoms with Crippen LogP contribution in [-0.4, -0.2) is 21.4 Å². The van der Waals surface area contributed by atoms with Gasteiger partial charge in [0.25, 0.3) is 0 Å². The van der Waals surface area contributed by atoms with E-state index in [1.807, 2.05) is 6.92 Å². The molecule has 0 aliphatic heterocycles. The first-order valence-corrected chi connectivity index (χ1v) is 4.36. The van der Waals surface area contributed by atoms with Gasteiger partial charge in [-0.15, -0.1) is 0 Å². The van der Waals surface area contributed by atoms with E-state index in [1.165, 1.54) is 6.92 Å². The maximum Gasteiger partial charge on any atom is 0.317 e. The van der Waals surface area contributed by atoms with Crippen molar-refractivity contribution >= 4 is 22.8 Å². The van der Waals surface area contributed by atoms with E-state index in [-0.39, 0.29) is 5.12 Å². The minimum Gasteiger partial charge on any atom is -0.480 e. The monoisotopic (exact) mass is 176 g/mol. The van der Waals surface area contributed by atoms with Crippen molar-refractivity contribution in [3.63, 3.8) is 0 Å². The molecule has 0 spiro atoms. The molecule has 0 aromatic carbocycles. The first kappa shape index (κ1) is 10.5. The number of carbonyl (C=O) groups is 2. The highest BCUT2D eigenvalue weighted by molar-refractivity contribution is 8.14. The van der Waals surface area contributed by atoms with Gasteiger partial charge in [-0.05, 0) is 6.42 Å². The van der Waals surface area contributed by atoms with E-state index in [9.17, 15) is 9.59 Å². The van der Waals surface area contributed by atoms with Crippen molar-refractivity contribution in [2.24, 2.45) is 0 Å². The van der Waals surface area contributed by atoms with Crippen LogP contribution in [0.15, 0.2) is 0 Å².